The van der Waals surface area contributed by atoms with Gasteiger partial charge in [0.2, 0.25) is 6.79 Å². The van der Waals surface area contributed by atoms with Gasteiger partial charge in [0.15, 0.2) is 11.5 Å². The van der Waals surface area contributed by atoms with Crippen LogP contribution in [0.1, 0.15) is 12.1 Å². The van der Waals surface area contributed by atoms with Crippen LogP contribution in [-0.4, -0.2) is 41.5 Å². The lowest BCUT2D eigenvalue weighted by Crippen LogP contribution is -2.16. The molecule has 2 heterocycles. The molecule has 5 nitrogen and oxygen atoms in total. The summed E-state index contributed by atoms with van der Waals surface area (Å²) in [5.74, 6) is 3.66. The Labute approximate surface area is 144 Å². The van der Waals surface area contributed by atoms with Gasteiger partial charge in [-0.05, 0) is 30.4 Å². The Morgan fingerprint density at radius 2 is 2.17 bits per heavy atom. The smallest absolute Gasteiger partial charge is 0.231 e. The minimum Gasteiger partial charge on any atom is -0.454 e. The number of hydrogen-bond donors (Lipinski definition) is 2. The van der Waals surface area contributed by atoms with Crippen LogP contribution in [0, 0.1) is 0 Å². The van der Waals surface area contributed by atoms with E-state index in [1.807, 2.05) is 30.0 Å². The van der Waals surface area contributed by atoms with Gasteiger partial charge in [-0.15, -0.1) is 11.3 Å². The summed E-state index contributed by atoms with van der Waals surface area (Å²) in [5.41, 5.74) is 2.12. The molecule has 0 radical (unpaired) electrons. The zero-order valence-electron chi connectivity index (χ0n) is 12.8. The number of aromatic nitrogens is 1. The highest BCUT2D eigenvalue weighted by atomic mass is 32.2. The molecule has 1 aliphatic rings. The van der Waals surface area contributed by atoms with Crippen LogP contribution in [-0.2, 0) is 6.54 Å². The molecule has 0 saturated heterocycles. The van der Waals surface area contributed by atoms with Crippen LogP contribution in [0.5, 0.6) is 11.5 Å². The largest absolute Gasteiger partial charge is 0.454 e. The third-order valence-corrected chi connectivity index (χ3v) is 5.36. The van der Waals surface area contributed by atoms with Crippen molar-refractivity contribution >= 4 is 23.1 Å². The third-order valence-electron chi connectivity index (χ3n) is 3.35. The fourth-order valence-corrected chi connectivity index (χ4v) is 3.82. The first-order chi connectivity index (χ1) is 11.4. The molecule has 7 heteroatoms. The lowest BCUT2D eigenvalue weighted by atomic mass is 10.2. The van der Waals surface area contributed by atoms with Gasteiger partial charge in [-0.2, -0.15) is 11.8 Å². The number of rotatable bonds is 9. The van der Waals surface area contributed by atoms with E-state index in [1.54, 1.807) is 11.3 Å². The van der Waals surface area contributed by atoms with E-state index in [2.05, 4.69) is 15.7 Å². The normalized spacial score (nSPS) is 12.7. The second-order valence-electron chi connectivity index (χ2n) is 5.08. The molecule has 2 aromatic rings. The van der Waals surface area contributed by atoms with E-state index >= 15 is 0 Å². The minimum absolute atomic E-state index is 0.280. The Hall–Kier alpha value is -1.28. The SMILES string of the molecule is OCCCSCCNCc1csc(-c2ccc3c(c2)OCO3)n1. The highest BCUT2D eigenvalue weighted by Crippen LogP contribution is 2.36. The monoisotopic (exact) mass is 352 g/mol. The average Bonchev–Trinajstić information content (AvgIpc) is 3.22. The Morgan fingerprint density at radius 1 is 1.26 bits per heavy atom. The molecule has 124 valence electrons. The van der Waals surface area contributed by atoms with Gasteiger partial charge >= 0.3 is 0 Å². The van der Waals surface area contributed by atoms with Crippen LogP contribution in [0.25, 0.3) is 10.6 Å². The van der Waals surface area contributed by atoms with E-state index < -0.39 is 0 Å². The fourth-order valence-electron chi connectivity index (χ4n) is 2.18. The molecule has 0 saturated carbocycles. The van der Waals surface area contributed by atoms with Crippen LogP contribution in [0.15, 0.2) is 23.6 Å². The quantitative estimate of drug-likeness (QED) is 0.677. The number of nitrogens with one attached hydrogen (secondary N) is 1. The summed E-state index contributed by atoms with van der Waals surface area (Å²) in [5, 5.41) is 15.2. The molecule has 3 rings (SSSR count). The second kappa shape index (κ2) is 8.54. The van der Waals surface area contributed by atoms with Gasteiger partial charge in [0.1, 0.15) is 5.01 Å². The Balaban J connectivity index is 1.47. The minimum atomic E-state index is 0.280. The molecule has 0 amide bonds. The number of hydrogen-bond acceptors (Lipinski definition) is 7. The summed E-state index contributed by atoms with van der Waals surface area (Å²) in [6.45, 7) is 2.30. The number of aliphatic hydroxyl groups excluding tert-OH is 1. The Morgan fingerprint density at radius 3 is 3.09 bits per heavy atom. The van der Waals surface area contributed by atoms with Crippen molar-refractivity contribution in [3.05, 3.63) is 29.3 Å². The molecular weight excluding hydrogens is 332 g/mol. The molecule has 23 heavy (non-hydrogen) atoms. The molecule has 1 aliphatic heterocycles. The molecule has 2 N–H and O–H groups in total. The number of ether oxygens (including phenoxy) is 2. The number of benzene rings is 1. The first kappa shape index (κ1) is 16.6. The van der Waals surface area contributed by atoms with Gasteiger partial charge in [-0.3, -0.25) is 0 Å². The van der Waals surface area contributed by atoms with Crippen molar-refractivity contribution < 1.29 is 14.6 Å². The maximum atomic E-state index is 8.71. The van der Waals surface area contributed by atoms with E-state index in [4.69, 9.17) is 14.6 Å². The standard InChI is InChI=1S/C16H20N2O3S2/c19-5-1-6-22-7-4-17-9-13-10-23-16(18-13)12-2-3-14-15(8-12)21-11-20-14/h2-3,8,10,17,19H,1,4-7,9,11H2. The first-order valence-corrected chi connectivity index (χ1v) is 9.64. The number of fused-ring (bicyclic) bond motifs is 1. The van der Waals surface area contributed by atoms with Crippen LogP contribution in [0.4, 0.5) is 0 Å². The Kier molecular flexibility index (Phi) is 6.15. The van der Waals surface area contributed by atoms with Gasteiger partial charge in [0, 0.05) is 36.4 Å². The van der Waals surface area contributed by atoms with Gasteiger partial charge in [0.05, 0.1) is 5.69 Å². The van der Waals surface area contributed by atoms with E-state index in [0.29, 0.717) is 6.79 Å². The maximum Gasteiger partial charge on any atom is 0.231 e. The average molecular weight is 352 g/mol. The number of thioether (sulfide) groups is 1. The van der Waals surface area contributed by atoms with Crippen molar-refractivity contribution in [2.45, 2.75) is 13.0 Å². The molecule has 0 fully saturated rings. The second-order valence-corrected chi connectivity index (χ2v) is 7.16. The summed E-state index contributed by atoms with van der Waals surface area (Å²) in [6.07, 6.45) is 0.871. The maximum absolute atomic E-state index is 8.71. The molecule has 0 atom stereocenters. The molecule has 1 aromatic heterocycles. The molecule has 0 spiro atoms. The van der Waals surface area contributed by atoms with Crippen molar-refractivity contribution in [3.63, 3.8) is 0 Å². The molecule has 0 aliphatic carbocycles. The van der Waals surface area contributed by atoms with Crippen LogP contribution >= 0.6 is 23.1 Å². The van der Waals surface area contributed by atoms with Gasteiger partial charge in [-0.1, -0.05) is 0 Å². The van der Waals surface area contributed by atoms with Gasteiger partial charge < -0.3 is 19.9 Å². The van der Waals surface area contributed by atoms with Crippen LogP contribution in [0.3, 0.4) is 0 Å². The van der Waals surface area contributed by atoms with Crippen molar-refractivity contribution in [1.82, 2.24) is 10.3 Å². The van der Waals surface area contributed by atoms with E-state index in [9.17, 15) is 0 Å². The van der Waals surface area contributed by atoms with Crippen molar-refractivity contribution in [2.75, 3.05) is 31.5 Å². The Bertz CT molecular complexity index is 634. The summed E-state index contributed by atoms with van der Waals surface area (Å²) in [7, 11) is 0. The van der Waals surface area contributed by atoms with Gasteiger partial charge in [-0.25, -0.2) is 4.98 Å². The summed E-state index contributed by atoms with van der Waals surface area (Å²) >= 11 is 3.50. The van der Waals surface area contributed by atoms with Crippen molar-refractivity contribution in [1.29, 1.82) is 0 Å². The zero-order chi connectivity index (χ0) is 15.9. The predicted octanol–water partition coefficient (Wildman–Crippen LogP) is 2.74. The molecule has 1 aromatic carbocycles. The molecular formula is C16H20N2O3S2. The fraction of sp³-hybridized carbons (Fsp3) is 0.438. The summed E-state index contributed by atoms with van der Waals surface area (Å²) in [6, 6.07) is 5.93. The highest BCUT2D eigenvalue weighted by molar-refractivity contribution is 7.99. The summed E-state index contributed by atoms with van der Waals surface area (Å²) < 4.78 is 10.7. The van der Waals surface area contributed by atoms with Crippen LogP contribution < -0.4 is 14.8 Å². The third kappa shape index (κ3) is 4.60. The lowest BCUT2D eigenvalue weighted by Gasteiger charge is -2.02. The number of nitrogens with zero attached hydrogens (tertiary/aromatic N) is 1. The van der Waals surface area contributed by atoms with E-state index in [-0.39, 0.29) is 6.61 Å². The van der Waals surface area contributed by atoms with Crippen molar-refractivity contribution in [3.8, 4) is 22.1 Å². The van der Waals surface area contributed by atoms with E-state index in [0.717, 1.165) is 58.8 Å². The zero-order valence-corrected chi connectivity index (χ0v) is 14.4. The number of aliphatic hydroxyl groups is 1. The lowest BCUT2D eigenvalue weighted by molar-refractivity contribution is 0.174. The first-order valence-electron chi connectivity index (χ1n) is 7.60. The topological polar surface area (TPSA) is 63.6 Å². The van der Waals surface area contributed by atoms with Crippen molar-refractivity contribution in [2.24, 2.45) is 0 Å². The molecule has 0 bridgehead atoms. The van der Waals surface area contributed by atoms with E-state index in [1.165, 1.54) is 0 Å². The van der Waals surface area contributed by atoms with Crippen LogP contribution in [0.2, 0.25) is 0 Å². The molecule has 0 unspecified atom stereocenters. The number of thiazole rings is 1. The van der Waals surface area contributed by atoms with Gasteiger partial charge in [0.25, 0.3) is 0 Å². The summed E-state index contributed by atoms with van der Waals surface area (Å²) in [4.78, 5) is 4.67. The predicted molar refractivity (Wildman–Crippen MR) is 94.4 cm³/mol. The highest BCUT2D eigenvalue weighted by Gasteiger charge is 2.15.